The van der Waals surface area contributed by atoms with Crippen LogP contribution in [0.1, 0.15) is 12.8 Å². The zero-order valence-corrected chi connectivity index (χ0v) is 14.6. The molecule has 0 spiro atoms. The summed E-state index contributed by atoms with van der Waals surface area (Å²) >= 11 is 0. The first-order valence-corrected chi connectivity index (χ1v) is 9.09. The summed E-state index contributed by atoms with van der Waals surface area (Å²) in [5, 5.41) is 19.3. The Balaban J connectivity index is 2.12. The predicted octanol–water partition coefficient (Wildman–Crippen LogP) is 2.78. The average molecular weight is 398 g/mol. The minimum absolute atomic E-state index is 0.0404. The first kappa shape index (κ1) is 20.1. The third kappa shape index (κ3) is 5.64. The lowest BCUT2D eigenvalue weighted by molar-refractivity contribution is -0.384. The summed E-state index contributed by atoms with van der Waals surface area (Å²) in [5.74, 6) is -2.16. The molecule has 0 amide bonds. The van der Waals surface area contributed by atoms with E-state index in [0.717, 1.165) is 24.3 Å². The number of carboxylic acid groups (broad SMARTS) is 1. The average Bonchev–Trinajstić information content (AvgIpc) is 2.59. The maximum absolute atomic E-state index is 14.1. The quantitative estimate of drug-likeness (QED) is 0.376. The van der Waals surface area contributed by atoms with Crippen molar-refractivity contribution < 1.29 is 32.4 Å². The van der Waals surface area contributed by atoms with E-state index >= 15 is 0 Å². The first-order valence-electron chi connectivity index (χ1n) is 7.60. The summed E-state index contributed by atoms with van der Waals surface area (Å²) in [6.07, 6.45) is 0.0321. The van der Waals surface area contributed by atoms with Gasteiger partial charge in [-0.25, -0.2) is 12.8 Å². The third-order valence-corrected chi connectivity index (χ3v) is 4.69. The Morgan fingerprint density at radius 3 is 2.63 bits per heavy atom. The van der Waals surface area contributed by atoms with Crippen molar-refractivity contribution in [2.45, 2.75) is 17.7 Å². The Hall–Kier alpha value is -3.21. The lowest BCUT2D eigenvalue weighted by Gasteiger charge is -2.10. The minimum atomic E-state index is -4.18. The van der Waals surface area contributed by atoms with Crippen LogP contribution < -0.4 is 9.46 Å². The number of sulfonamides is 1. The van der Waals surface area contributed by atoms with Gasteiger partial charge in [-0.15, -0.1) is 0 Å². The molecule has 0 aliphatic carbocycles. The molecule has 0 atom stereocenters. The molecular formula is C16H15FN2O7S. The van der Waals surface area contributed by atoms with E-state index < -0.39 is 31.6 Å². The molecule has 2 rings (SSSR count). The molecule has 9 nitrogen and oxygen atoms in total. The van der Waals surface area contributed by atoms with Gasteiger partial charge in [-0.3, -0.25) is 19.6 Å². The number of halogens is 1. The van der Waals surface area contributed by atoms with Crippen LogP contribution >= 0.6 is 0 Å². The Labute approximate surface area is 153 Å². The second-order valence-electron chi connectivity index (χ2n) is 5.35. The van der Waals surface area contributed by atoms with Crippen LogP contribution in [0.15, 0.2) is 47.4 Å². The van der Waals surface area contributed by atoms with Crippen LogP contribution in [0, 0.1) is 15.9 Å². The number of nitrogens with one attached hydrogen (secondary N) is 1. The molecule has 0 saturated heterocycles. The molecular weight excluding hydrogens is 383 g/mol. The van der Waals surface area contributed by atoms with Gasteiger partial charge in [0.2, 0.25) is 0 Å². The van der Waals surface area contributed by atoms with Crippen LogP contribution in [-0.2, 0) is 14.8 Å². The fraction of sp³-hybridized carbons (Fsp3) is 0.188. The standard InChI is InChI=1S/C16H15FN2O7S/c17-14-10-13(6-7-15(14)26-8-2-5-16(20)21)27(24,25)18-11-3-1-4-12(9-11)19(22)23/h1,3-4,6-7,9-10,18H,2,5,8H2,(H,20,21). The number of nitro groups is 1. The zero-order valence-electron chi connectivity index (χ0n) is 13.8. The van der Waals surface area contributed by atoms with E-state index in [-0.39, 0.29) is 36.6 Å². The van der Waals surface area contributed by atoms with E-state index in [1.54, 1.807) is 0 Å². The predicted molar refractivity (Wildman–Crippen MR) is 92.7 cm³/mol. The lowest BCUT2D eigenvalue weighted by Crippen LogP contribution is -2.13. The first-order chi connectivity index (χ1) is 12.7. The van der Waals surface area contributed by atoms with E-state index in [1.807, 2.05) is 0 Å². The highest BCUT2D eigenvalue weighted by molar-refractivity contribution is 7.92. The van der Waals surface area contributed by atoms with Crippen LogP contribution in [0.25, 0.3) is 0 Å². The topological polar surface area (TPSA) is 136 Å². The highest BCUT2D eigenvalue weighted by Gasteiger charge is 2.18. The second-order valence-corrected chi connectivity index (χ2v) is 7.03. The van der Waals surface area contributed by atoms with Crippen LogP contribution in [0.2, 0.25) is 0 Å². The molecule has 0 saturated carbocycles. The fourth-order valence-electron chi connectivity index (χ4n) is 2.07. The molecule has 0 aliphatic heterocycles. The molecule has 0 fully saturated rings. The van der Waals surface area contributed by atoms with Crippen LogP contribution in [0.4, 0.5) is 15.8 Å². The van der Waals surface area contributed by atoms with Gasteiger partial charge in [0.05, 0.1) is 22.1 Å². The molecule has 0 aromatic heterocycles. The highest BCUT2D eigenvalue weighted by Crippen LogP contribution is 2.24. The minimum Gasteiger partial charge on any atom is -0.491 e. The molecule has 144 valence electrons. The fourth-order valence-corrected chi connectivity index (χ4v) is 3.13. The van der Waals surface area contributed by atoms with Gasteiger partial charge in [0.15, 0.2) is 11.6 Å². The monoisotopic (exact) mass is 398 g/mol. The van der Waals surface area contributed by atoms with E-state index in [1.165, 1.54) is 18.2 Å². The van der Waals surface area contributed by atoms with Gasteiger partial charge in [-0.2, -0.15) is 0 Å². The van der Waals surface area contributed by atoms with Crippen molar-refractivity contribution in [3.8, 4) is 5.75 Å². The normalized spacial score (nSPS) is 11.0. The Morgan fingerprint density at radius 2 is 2.00 bits per heavy atom. The van der Waals surface area contributed by atoms with Crippen LogP contribution in [0.5, 0.6) is 5.75 Å². The van der Waals surface area contributed by atoms with Crippen molar-refractivity contribution in [2.24, 2.45) is 0 Å². The number of ether oxygens (including phenoxy) is 1. The molecule has 0 heterocycles. The van der Waals surface area contributed by atoms with Crippen molar-refractivity contribution in [2.75, 3.05) is 11.3 Å². The Kier molecular flexibility index (Phi) is 6.29. The van der Waals surface area contributed by atoms with Crippen molar-refractivity contribution in [3.63, 3.8) is 0 Å². The van der Waals surface area contributed by atoms with Gasteiger partial charge in [-0.1, -0.05) is 6.07 Å². The SMILES string of the molecule is O=C(O)CCCOc1ccc(S(=O)(=O)Nc2cccc([N+](=O)[O-])c2)cc1F. The molecule has 2 aromatic rings. The van der Waals surface area contributed by atoms with Crippen molar-refractivity contribution in [1.29, 1.82) is 0 Å². The number of anilines is 1. The number of hydrogen-bond acceptors (Lipinski definition) is 6. The van der Waals surface area contributed by atoms with Gasteiger partial charge in [0, 0.05) is 18.6 Å². The lowest BCUT2D eigenvalue weighted by atomic mass is 10.3. The van der Waals surface area contributed by atoms with E-state index in [2.05, 4.69) is 4.72 Å². The number of carboxylic acids is 1. The molecule has 27 heavy (non-hydrogen) atoms. The number of nitrogens with zero attached hydrogens (tertiary/aromatic N) is 1. The largest absolute Gasteiger partial charge is 0.491 e. The summed E-state index contributed by atoms with van der Waals surface area (Å²) in [6, 6.07) is 7.83. The number of rotatable bonds is 9. The molecule has 2 N–H and O–H groups in total. The summed E-state index contributed by atoms with van der Waals surface area (Å²) in [5.41, 5.74) is -0.343. The van der Waals surface area contributed by atoms with Gasteiger partial charge in [0.25, 0.3) is 15.7 Å². The number of nitro benzene ring substituents is 1. The number of non-ortho nitro benzene ring substituents is 1. The summed E-state index contributed by atoms with van der Waals surface area (Å²) in [4.78, 5) is 20.1. The number of carbonyl (C=O) groups is 1. The summed E-state index contributed by atoms with van der Waals surface area (Å²) in [7, 11) is -4.18. The molecule has 0 radical (unpaired) electrons. The van der Waals surface area contributed by atoms with E-state index in [4.69, 9.17) is 9.84 Å². The van der Waals surface area contributed by atoms with Crippen molar-refractivity contribution in [3.05, 3.63) is 58.4 Å². The van der Waals surface area contributed by atoms with Crippen molar-refractivity contribution >= 4 is 27.4 Å². The van der Waals surface area contributed by atoms with E-state index in [0.29, 0.717) is 0 Å². The number of aliphatic carboxylic acids is 1. The van der Waals surface area contributed by atoms with Gasteiger partial charge in [0.1, 0.15) is 0 Å². The number of benzene rings is 2. The highest BCUT2D eigenvalue weighted by atomic mass is 32.2. The van der Waals surface area contributed by atoms with Crippen molar-refractivity contribution in [1.82, 2.24) is 0 Å². The second kappa shape index (κ2) is 8.45. The molecule has 0 bridgehead atoms. The van der Waals surface area contributed by atoms with Crippen LogP contribution in [-0.4, -0.2) is 31.0 Å². The molecule has 0 unspecified atom stereocenters. The number of hydrogen-bond donors (Lipinski definition) is 2. The zero-order chi connectivity index (χ0) is 20.0. The third-order valence-electron chi connectivity index (χ3n) is 3.32. The van der Waals surface area contributed by atoms with Crippen LogP contribution in [0.3, 0.4) is 0 Å². The summed E-state index contributed by atoms with van der Waals surface area (Å²) < 4.78 is 45.9. The van der Waals surface area contributed by atoms with Gasteiger partial charge < -0.3 is 9.84 Å². The smallest absolute Gasteiger partial charge is 0.303 e. The summed E-state index contributed by atoms with van der Waals surface area (Å²) in [6.45, 7) is -0.0404. The maximum atomic E-state index is 14.1. The van der Waals surface area contributed by atoms with E-state index in [9.17, 15) is 27.7 Å². The van der Waals surface area contributed by atoms with Gasteiger partial charge >= 0.3 is 5.97 Å². The Bertz CT molecular complexity index is 963. The van der Waals surface area contributed by atoms with Gasteiger partial charge in [-0.05, 0) is 30.7 Å². The molecule has 11 heteroatoms. The molecule has 0 aliphatic rings. The Morgan fingerprint density at radius 1 is 1.26 bits per heavy atom. The molecule has 2 aromatic carbocycles. The maximum Gasteiger partial charge on any atom is 0.303 e.